The minimum absolute atomic E-state index is 0.108. The molecule has 0 fully saturated rings. The molecule has 24 heavy (non-hydrogen) atoms. The molecule has 1 heterocycles. The third-order valence-electron chi connectivity index (χ3n) is 3.35. The molecule has 0 radical (unpaired) electrons. The van der Waals surface area contributed by atoms with Crippen LogP contribution in [0.3, 0.4) is 0 Å². The van der Waals surface area contributed by atoms with Crippen LogP contribution in [0.25, 0.3) is 0 Å². The maximum Gasteiger partial charge on any atom is 0.586 e. The van der Waals surface area contributed by atoms with Crippen molar-refractivity contribution in [1.29, 1.82) is 0 Å². The van der Waals surface area contributed by atoms with Crippen molar-refractivity contribution in [2.24, 2.45) is 0 Å². The van der Waals surface area contributed by atoms with Crippen molar-refractivity contribution < 1.29 is 28.2 Å². The molecular formula is C16H14F2N2O4. The molecule has 126 valence electrons. The SMILES string of the molecule is O=C(Nc1ccc2c(c1)OC(F)(F)O2)N[C@@H](CO)c1ccccc1. The second-order valence-electron chi connectivity index (χ2n) is 5.07. The predicted octanol–water partition coefficient (Wildman–Crippen LogP) is 2.86. The quantitative estimate of drug-likeness (QED) is 0.802. The molecule has 8 heteroatoms. The van der Waals surface area contributed by atoms with Crippen LogP contribution in [0.4, 0.5) is 19.3 Å². The number of hydrogen-bond acceptors (Lipinski definition) is 4. The van der Waals surface area contributed by atoms with Gasteiger partial charge >= 0.3 is 12.3 Å². The van der Waals surface area contributed by atoms with Crippen LogP contribution in [0, 0.1) is 0 Å². The van der Waals surface area contributed by atoms with Crippen molar-refractivity contribution in [3.05, 3.63) is 54.1 Å². The lowest BCUT2D eigenvalue weighted by atomic mass is 10.1. The number of alkyl halides is 2. The first kappa shape index (κ1) is 16.0. The summed E-state index contributed by atoms with van der Waals surface area (Å²) in [7, 11) is 0. The smallest absolute Gasteiger partial charge is 0.395 e. The fourth-order valence-electron chi connectivity index (χ4n) is 2.27. The Hall–Kier alpha value is -2.87. The lowest BCUT2D eigenvalue weighted by molar-refractivity contribution is -0.286. The van der Waals surface area contributed by atoms with E-state index in [0.717, 1.165) is 5.56 Å². The molecule has 1 aliphatic heterocycles. The van der Waals surface area contributed by atoms with Gasteiger partial charge in [0.2, 0.25) is 0 Å². The highest BCUT2D eigenvalue weighted by molar-refractivity contribution is 5.90. The number of amides is 2. The van der Waals surface area contributed by atoms with E-state index in [9.17, 15) is 18.7 Å². The molecule has 6 nitrogen and oxygen atoms in total. The number of nitrogens with one attached hydrogen (secondary N) is 2. The van der Waals surface area contributed by atoms with Gasteiger partial charge in [0.1, 0.15) is 0 Å². The number of aliphatic hydroxyl groups is 1. The van der Waals surface area contributed by atoms with Crippen LogP contribution < -0.4 is 20.1 Å². The van der Waals surface area contributed by atoms with Gasteiger partial charge in [-0.1, -0.05) is 30.3 Å². The van der Waals surface area contributed by atoms with Gasteiger partial charge in [-0.3, -0.25) is 0 Å². The van der Waals surface area contributed by atoms with E-state index in [1.165, 1.54) is 18.2 Å². The lowest BCUT2D eigenvalue weighted by Gasteiger charge is -2.17. The van der Waals surface area contributed by atoms with E-state index in [4.69, 9.17) is 0 Å². The summed E-state index contributed by atoms with van der Waals surface area (Å²) in [5.74, 6) is -0.275. The number of carbonyl (C=O) groups excluding carboxylic acids is 1. The maximum atomic E-state index is 13.0. The predicted molar refractivity (Wildman–Crippen MR) is 81.1 cm³/mol. The highest BCUT2D eigenvalue weighted by Crippen LogP contribution is 2.42. The third-order valence-corrected chi connectivity index (χ3v) is 3.35. The molecule has 2 aromatic rings. The number of aliphatic hydroxyl groups excluding tert-OH is 1. The summed E-state index contributed by atoms with van der Waals surface area (Å²) >= 11 is 0. The number of urea groups is 1. The van der Waals surface area contributed by atoms with Gasteiger partial charge in [-0.15, -0.1) is 8.78 Å². The molecule has 0 saturated heterocycles. The zero-order chi connectivity index (χ0) is 17.2. The average molecular weight is 336 g/mol. The molecule has 0 aliphatic carbocycles. The molecule has 3 N–H and O–H groups in total. The number of ether oxygens (including phenoxy) is 2. The summed E-state index contributed by atoms with van der Waals surface area (Å²) in [5.41, 5.74) is 0.984. The molecule has 2 amide bonds. The van der Waals surface area contributed by atoms with E-state index in [1.807, 2.05) is 6.07 Å². The second-order valence-corrected chi connectivity index (χ2v) is 5.07. The molecule has 0 saturated carbocycles. The topological polar surface area (TPSA) is 79.8 Å². The van der Waals surface area contributed by atoms with Crippen LogP contribution in [0.2, 0.25) is 0 Å². The Morgan fingerprint density at radius 3 is 2.54 bits per heavy atom. The number of fused-ring (bicyclic) bond motifs is 1. The van der Waals surface area contributed by atoms with Crippen LogP contribution in [-0.4, -0.2) is 24.0 Å². The summed E-state index contributed by atoms with van der Waals surface area (Å²) in [6, 6.07) is 11.6. The van der Waals surface area contributed by atoms with Crippen LogP contribution >= 0.6 is 0 Å². The first-order valence-electron chi connectivity index (χ1n) is 7.10. The summed E-state index contributed by atoms with van der Waals surface area (Å²) in [6.45, 7) is -0.287. The van der Waals surface area contributed by atoms with Crippen molar-refractivity contribution in [2.75, 3.05) is 11.9 Å². The Balaban J connectivity index is 1.65. The summed E-state index contributed by atoms with van der Waals surface area (Å²) < 4.78 is 34.5. The van der Waals surface area contributed by atoms with Gasteiger partial charge in [0.25, 0.3) is 0 Å². The largest absolute Gasteiger partial charge is 0.586 e. The van der Waals surface area contributed by atoms with Gasteiger partial charge in [-0.05, 0) is 17.7 Å². The van der Waals surface area contributed by atoms with Gasteiger partial charge in [0.05, 0.1) is 12.6 Å². The fraction of sp³-hybridized carbons (Fsp3) is 0.188. The number of rotatable bonds is 4. The number of hydrogen-bond donors (Lipinski definition) is 3. The minimum atomic E-state index is -3.71. The molecule has 0 unspecified atom stereocenters. The van der Waals surface area contributed by atoms with E-state index < -0.39 is 18.4 Å². The van der Waals surface area contributed by atoms with Crippen molar-refractivity contribution in [1.82, 2.24) is 5.32 Å². The van der Waals surface area contributed by atoms with Crippen molar-refractivity contribution in [3.63, 3.8) is 0 Å². The Bertz CT molecular complexity index is 740. The van der Waals surface area contributed by atoms with E-state index in [1.54, 1.807) is 24.3 Å². The zero-order valence-corrected chi connectivity index (χ0v) is 12.3. The molecule has 1 aliphatic rings. The lowest BCUT2D eigenvalue weighted by Crippen LogP contribution is -2.34. The van der Waals surface area contributed by atoms with Gasteiger partial charge in [-0.2, -0.15) is 0 Å². The van der Waals surface area contributed by atoms with Crippen LogP contribution in [-0.2, 0) is 0 Å². The summed E-state index contributed by atoms with van der Waals surface area (Å²) in [6.07, 6.45) is -3.71. The second kappa shape index (κ2) is 6.32. The normalized spacial score (nSPS) is 15.6. The number of carbonyl (C=O) groups is 1. The van der Waals surface area contributed by atoms with Crippen molar-refractivity contribution in [2.45, 2.75) is 12.3 Å². The summed E-state index contributed by atoms with van der Waals surface area (Å²) in [4.78, 5) is 12.0. The standard InChI is InChI=1S/C16H14F2N2O4/c17-16(18)23-13-7-6-11(8-14(13)24-16)19-15(22)20-12(9-21)10-4-2-1-3-5-10/h1-8,12,21H,9H2,(H2,19,20,22)/t12-/m0/s1. The third kappa shape index (κ3) is 3.54. The Morgan fingerprint density at radius 1 is 1.12 bits per heavy atom. The maximum absolute atomic E-state index is 13.0. The van der Waals surface area contributed by atoms with Gasteiger partial charge in [-0.25, -0.2) is 4.79 Å². The van der Waals surface area contributed by atoms with Gasteiger partial charge < -0.3 is 25.2 Å². The molecule has 1 atom stereocenters. The van der Waals surface area contributed by atoms with Gasteiger partial charge in [0.15, 0.2) is 11.5 Å². The number of anilines is 1. The van der Waals surface area contributed by atoms with Crippen molar-refractivity contribution in [3.8, 4) is 11.5 Å². The average Bonchev–Trinajstić information content (AvgIpc) is 2.86. The van der Waals surface area contributed by atoms with Crippen molar-refractivity contribution >= 4 is 11.7 Å². The molecule has 2 aromatic carbocycles. The Labute approximate surface area is 136 Å². The summed E-state index contributed by atoms with van der Waals surface area (Å²) in [5, 5.41) is 14.5. The monoisotopic (exact) mass is 336 g/mol. The highest BCUT2D eigenvalue weighted by Gasteiger charge is 2.43. The molecular weight excluding hydrogens is 322 g/mol. The van der Waals surface area contributed by atoms with E-state index in [0.29, 0.717) is 0 Å². The van der Waals surface area contributed by atoms with Crippen LogP contribution in [0.15, 0.2) is 48.5 Å². The fourth-order valence-corrected chi connectivity index (χ4v) is 2.27. The first-order chi connectivity index (χ1) is 11.5. The van der Waals surface area contributed by atoms with E-state index in [2.05, 4.69) is 20.1 Å². The molecule has 0 aromatic heterocycles. The minimum Gasteiger partial charge on any atom is -0.395 e. The Morgan fingerprint density at radius 2 is 1.83 bits per heavy atom. The molecule has 3 rings (SSSR count). The number of halogens is 2. The van der Waals surface area contributed by atoms with E-state index >= 15 is 0 Å². The Kier molecular flexibility index (Phi) is 4.22. The number of benzene rings is 2. The van der Waals surface area contributed by atoms with Crippen LogP contribution in [0.1, 0.15) is 11.6 Å². The van der Waals surface area contributed by atoms with Gasteiger partial charge in [0, 0.05) is 11.8 Å². The van der Waals surface area contributed by atoms with Crippen LogP contribution in [0.5, 0.6) is 11.5 Å². The molecule has 0 spiro atoms. The highest BCUT2D eigenvalue weighted by atomic mass is 19.3. The van der Waals surface area contributed by atoms with E-state index in [-0.39, 0.29) is 23.8 Å². The first-order valence-corrected chi connectivity index (χ1v) is 7.10. The molecule has 0 bridgehead atoms. The zero-order valence-electron chi connectivity index (χ0n) is 12.3.